The van der Waals surface area contributed by atoms with E-state index in [0.29, 0.717) is 9.17 Å². The fourth-order valence-electron chi connectivity index (χ4n) is 5.10. The van der Waals surface area contributed by atoms with Crippen LogP contribution < -0.4 is 0 Å². The molecule has 0 saturated heterocycles. The van der Waals surface area contributed by atoms with Crippen molar-refractivity contribution in [3.8, 4) is 0 Å². The highest BCUT2D eigenvalue weighted by Crippen LogP contribution is 2.33. The fourth-order valence-corrected chi connectivity index (χ4v) is 7.48. The lowest BCUT2D eigenvalue weighted by Gasteiger charge is -2.21. The molecule has 2 radical (unpaired) electrons. The van der Waals surface area contributed by atoms with Crippen molar-refractivity contribution in [3.63, 3.8) is 0 Å². The second-order valence-corrected chi connectivity index (χ2v) is 16.6. The minimum absolute atomic E-state index is 0.268. The molecule has 0 aromatic rings. The summed E-state index contributed by atoms with van der Waals surface area (Å²) < 4.78 is 1.28. The minimum Gasteiger partial charge on any atom is -0.176 e. The van der Waals surface area contributed by atoms with Gasteiger partial charge < -0.3 is 0 Å². The number of rotatable bonds is 22. The normalized spacial score (nSPS) is 16.2. The van der Waals surface area contributed by atoms with Gasteiger partial charge in [0.25, 0.3) is 0 Å². The second-order valence-electron chi connectivity index (χ2n) is 11.7. The Labute approximate surface area is 284 Å². The molecule has 0 aliphatic carbocycles. The van der Waals surface area contributed by atoms with Crippen LogP contribution in [0, 0.1) is 0 Å². The van der Waals surface area contributed by atoms with Gasteiger partial charge in [0.2, 0.25) is 0 Å². The van der Waals surface area contributed by atoms with Gasteiger partial charge in [-0.05, 0) is 116 Å². The lowest BCUT2D eigenvalue weighted by Crippen LogP contribution is -2.05. The molecule has 0 spiro atoms. The maximum atomic E-state index is 6.48. The Morgan fingerprint density at radius 3 is 1.77 bits per heavy atom. The lowest BCUT2D eigenvalue weighted by atomic mass is 9.77. The summed E-state index contributed by atoms with van der Waals surface area (Å²) in [5, 5.41) is 0.479. The SMILES string of the molecule is [B]C(CC)C/C(CCCC/C(CC(I)CC)=C(/C)CCC(CC(S)CC)=C(C)C)=C(/CC)CC(I)CC(=C)S. The Morgan fingerprint density at radius 1 is 0.692 bits per heavy atom. The Kier molecular flexibility index (Phi) is 24.3. The van der Waals surface area contributed by atoms with Gasteiger partial charge in [-0.3, -0.25) is 0 Å². The van der Waals surface area contributed by atoms with E-state index < -0.39 is 0 Å². The zero-order valence-electron chi connectivity index (χ0n) is 26.4. The molecule has 224 valence electrons. The van der Waals surface area contributed by atoms with Crippen molar-refractivity contribution in [2.24, 2.45) is 0 Å². The molecule has 0 saturated carbocycles. The second kappa shape index (κ2) is 23.6. The molecule has 0 heterocycles. The van der Waals surface area contributed by atoms with Crippen LogP contribution in [0.3, 0.4) is 0 Å². The predicted molar refractivity (Wildman–Crippen MR) is 206 cm³/mol. The number of thiol groups is 2. The van der Waals surface area contributed by atoms with Crippen LogP contribution in [0.15, 0.2) is 44.9 Å². The highest BCUT2D eigenvalue weighted by Gasteiger charge is 2.15. The summed E-state index contributed by atoms with van der Waals surface area (Å²) in [5.41, 5.74) is 9.71. The molecule has 0 N–H and O–H groups in total. The molecule has 0 aromatic heterocycles. The van der Waals surface area contributed by atoms with Gasteiger partial charge in [0.05, 0.1) is 7.85 Å². The van der Waals surface area contributed by atoms with Crippen LogP contribution in [0.2, 0.25) is 5.82 Å². The number of hydrogen-bond acceptors (Lipinski definition) is 2. The highest BCUT2D eigenvalue weighted by molar-refractivity contribution is 14.1. The molecular formula is C34H59BI2S2. The molecule has 4 unspecified atom stereocenters. The van der Waals surface area contributed by atoms with Gasteiger partial charge in [0.1, 0.15) is 0 Å². The van der Waals surface area contributed by atoms with Gasteiger partial charge in [0.15, 0.2) is 0 Å². The summed E-state index contributed by atoms with van der Waals surface area (Å²) in [6, 6.07) is 0. The van der Waals surface area contributed by atoms with E-state index >= 15 is 0 Å². The zero-order valence-corrected chi connectivity index (χ0v) is 32.5. The molecule has 39 heavy (non-hydrogen) atoms. The van der Waals surface area contributed by atoms with E-state index in [1.54, 1.807) is 27.9 Å². The Morgan fingerprint density at radius 2 is 1.28 bits per heavy atom. The van der Waals surface area contributed by atoms with Gasteiger partial charge in [-0.15, -0.1) is 12.6 Å². The maximum absolute atomic E-state index is 6.48. The first-order valence-electron chi connectivity index (χ1n) is 15.5. The number of hydrogen-bond donors (Lipinski definition) is 2. The summed E-state index contributed by atoms with van der Waals surface area (Å²) in [7, 11) is 6.48. The zero-order chi connectivity index (χ0) is 30.0. The van der Waals surface area contributed by atoms with E-state index in [0.717, 1.165) is 53.8 Å². The van der Waals surface area contributed by atoms with E-state index in [1.165, 1.54) is 56.9 Å². The lowest BCUT2D eigenvalue weighted by molar-refractivity contribution is 0.649. The van der Waals surface area contributed by atoms with Crippen LogP contribution in [0.25, 0.3) is 0 Å². The van der Waals surface area contributed by atoms with E-state index in [2.05, 4.69) is 113 Å². The first kappa shape index (κ1) is 40.2. The first-order chi connectivity index (χ1) is 18.4. The molecule has 5 heteroatoms. The quantitative estimate of drug-likeness (QED) is 0.0268. The third-order valence-electron chi connectivity index (χ3n) is 8.07. The predicted octanol–water partition coefficient (Wildman–Crippen LogP) is 13.2. The molecule has 0 amide bonds. The molecule has 0 rings (SSSR count). The summed E-state index contributed by atoms with van der Waals surface area (Å²) >= 11 is 14.5. The van der Waals surface area contributed by atoms with Gasteiger partial charge >= 0.3 is 0 Å². The van der Waals surface area contributed by atoms with Gasteiger partial charge in [-0.2, -0.15) is 12.6 Å². The van der Waals surface area contributed by atoms with Crippen molar-refractivity contribution in [2.75, 3.05) is 0 Å². The minimum atomic E-state index is 0.268. The van der Waals surface area contributed by atoms with Crippen molar-refractivity contribution in [1.29, 1.82) is 0 Å². The summed E-state index contributed by atoms with van der Waals surface area (Å²) in [6.07, 6.45) is 17.4. The fraction of sp³-hybridized carbons (Fsp3) is 0.765. The summed E-state index contributed by atoms with van der Waals surface area (Å²) in [4.78, 5) is 0.986. The van der Waals surface area contributed by atoms with Crippen molar-refractivity contribution in [3.05, 3.63) is 44.9 Å². The smallest absolute Gasteiger partial charge is 0.0703 e. The first-order valence-corrected chi connectivity index (χ1v) is 18.9. The molecule has 0 aliphatic heterocycles. The number of halogens is 2. The van der Waals surface area contributed by atoms with Crippen LogP contribution in [0.4, 0.5) is 0 Å². The molecule has 4 atom stereocenters. The average molecular weight is 797 g/mol. The van der Waals surface area contributed by atoms with E-state index in [9.17, 15) is 0 Å². The average Bonchev–Trinajstić information content (AvgIpc) is 2.89. The van der Waals surface area contributed by atoms with E-state index in [1.807, 2.05) is 0 Å². The van der Waals surface area contributed by atoms with Crippen LogP contribution in [-0.4, -0.2) is 20.9 Å². The van der Waals surface area contributed by atoms with Gasteiger partial charge in [0, 0.05) is 13.1 Å². The van der Waals surface area contributed by atoms with Gasteiger partial charge in [-0.25, -0.2) is 0 Å². The number of unbranched alkanes of at least 4 members (excludes halogenated alkanes) is 1. The molecular weight excluding hydrogens is 737 g/mol. The van der Waals surface area contributed by atoms with Crippen LogP contribution in [-0.2, 0) is 0 Å². The molecule has 0 fully saturated rings. The van der Waals surface area contributed by atoms with Gasteiger partial charge in [-0.1, -0.05) is 125 Å². The van der Waals surface area contributed by atoms with E-state index in [-0.39, 0.29) is 5.82 Å². The maximum Gasteiger partial charge on any atom is 0.0703 e. The third-order valence-corrected chi connectivity index (χ3v) is 11.0. The number of allylic oxidation sites excluding steroid dienone is 7. The van der Waals surface area contributed by atoms with Crippen molar-refractivity contribution < 1.29 is 0 Å². The Hall–Kier alpha value is 1.18. The topological polar surface area (TPSA) is 0 Å². The largest absolute Gasteiger partial charge is 0.176 e. The Bertz CT molecular complexity index is 795. The van der Waals surface area contributed by atoms with Crippen molar-refractivity contribution in [2.45, 2.75) is 164 Å². The van der Waals surface area contributed by atoms with Crippen molar-refractivity contribution >= 4 is 78.3 Å². The van der Waals surface area contributed by atoms with Crippen LogP contribution in [0.5, 0.6) is 0 Å². The molecule has 0 aromatic carbocycles. The standard InChI is InChI=1S/C34H59BI2S2/c1-9-27(21-33(37)19-26(8)38)30(20-31(35)10-2)16-14-13-15-29(22-32(36)11-3)25(7)17-18-28(24(5)6)23-34(39)12-4/h31-34,38-39H,8-23H2,1-7H3/b29-25+,30-27-. The molecule has 0 bridgehead atoms. The molecule has 0 nitrogen and oxygen atoms in total. The van der Waals surface area contributed by atoms with Crippen molar-refractivity contribution in [1.82, 2.24) is 0 Å². The Balaban J connectivity index is 5.53. The highest BCUT2D eigenvalue weighted by atomic mass is 127. The number of alkyl halides is 2. The monoisotopic (exact) mass is 796 g/mol. The summed E-state index contributed by atoms with van der Waals surface area (Å²) in [6.45, 7) is 20.1. The third kappa shape index (κ3) is 19.2. The van der Waals surface area contributed by atoms with E-state index in [4.69, 9.17) is 20.5 Å². The van der Waals surface area contributed by atoms with Crippen LogP contribution in [0.1, 0.15) is 145 Å². The summed E-state index contributed by atoms with van der Waals surface area (Å²) in [5.74, 6) is 0.268. The molecule has 0 aliphatic rings. The van der Waals surface area contributed by atoms with Crippen LogP contribution >= 0.6 is 70.4 Å².